The summed E-state index contributed by atoms with van der Waals surface area (Å²) in [5.41, 5.74) is 6.61. The zero-order valence-corrected chi connectivity index (χ0v) is 11.7. The summed E-state index contributed by atoms with van der Waals surface area (Å²) in [4.78, 5) is 33.5. The van der Waals surface area contributed by atoms with Gasteiger partial charge in [0.25, 0.3) is 11.6 Å². The van der Waals surface area contributed by atoms with E-state index < -0.39 is 16.7 Å². The molecule has 0 aliphatic carbocycles. The Balaban J connectivity index is 2.29. The van der Waals surface area contributed by atoms with Crippen LogP contribution in [-0.4, -0.2) is 16.7 Å². The van der Waals surface area contributed by atoms with Crippen molar-refractivity contribution >= 4 is 23.2 Å². The zero-order valence-electron chi connectivity index (χ0n) is 11.7. The molecule has 0 saturated heterocycles. The van der Waals surface area contributed by atoms with Gasteiger partial charge in [0, 0.05) is 28.9 Å². The van der Waals surface area contributed by atoms with Gasteiger partial charge in [-0.25, -0.2) is 0 Å². The number of benzene rings is 2. The molecule has 0 atom stereocenters. The first-order valence-corrected chi connectivity index (χ1v) is 6.35. The van der Waals surface area contributed by atoms with Crippen molar-refractivity contribution < 1.29 is 14.5 Å². The van der Waals surface area contributed by atoms with Crippen LogP contribution in [-0.2, 0) is 0 Å². The van der Waals surface area contributed by atoms with E-state index in [1.807, 2.05) is 0 Å². The smallest absolute Gasteiger partial charge is 0.270 e. The molecule has 22 heavy (non-hydrogen) atoms. The third kappa shape index (κ3) is 3.26. The molecule has 0 bridgehead atoms. The van der Waals surface area contributed by atoms with Gasteiger partial charge in [-0.2, -0.15) is 0 Å². The van der Waals surface area contributed by atoms with Crippen LogP contribution in [0, 0.1) is 17.0 Å². The Morgan fingerprint density at radius 1 is 1.14 bits per heavy atom. The molecule has 2 amide bonds. The van der Waals surface area contributed by atoms with Crippen LogP contribution in [0.5, 0.6) is 0 Å². The highest BCUT2D eigenvalue weighted by molar-refractivity contribution is 6.05. The second kappa shape index (κ2) is 6.04. The number of nitro groups is 1. The van der Waals surface area contributed by atoms with E-state index in [9.17, 15) is 19.7 Å². The molecule has 0 heterocycles. The van der Waals surface area contributed by atoms with E-state index in [0.717, 1.165) is 5.56 Å². The average Bonchev–Trinajstić information content (AvgIpc) is 2.49. The minimum absolute atomic E-state index is 0.151. The van der Waals surface area contributed by atoms with E-state index >= 15 is 0 Å². The van der Waals surface area contributed by atoms with Crippen molar-refractivity contribution in [2.75, 3.05) is 5.32 Å². The Morgan fingerprint density at radius 3 is 2.50 bits per heavy atom. The Morgan fingerprint density at radius 2 is 1.86 bits per heavy atom. The van der Waals surface area contributed by atoms with E-state index in [2.05, 4.69) is 5.32 Å². The average molecular weight is 299 g/mol. The van der Waals surface area contributed by atoms with Gasteiger partial charge in [0.1, 0.15) is 0 Å². The Labute approximate surface area is 125 Å². The third-order valence-corrected chi connectivity index (χ3v) is 3.09. The fourth-order valence-electron chi connectivity index (χ4n) is 1.87. The molecule has 0 aliphatic rings. The lowest BCUT2D eigenvalue weighted by Crippen LogP contribution is -2.15. The van der Waals surface area contributed by atoms with Gasteiger partial charge in [-0.05, 0) is 30.7 Å². The van der Waals surface area contributed by atoms with Gasteiger partial charge in [0.05, 0.1) is 4.92 Å². The van der Waals surface area contributed by atoms with Crippen molar-refractivity contribution in [3.63, 3.8) is 0 Å². The first-order chi connectivity index (χ1) is 10.4. The van der Waals surface area contributed by atoms with Crippen molar-refractivity contribution in [3.8, 4) is 0 Å². The fraction of sp³-hybridized carbons (Fsp3) is 0.0667. The molecule has 0 saturated carbocycles. The van der Waals surface area contributed by atoms with Gasteiger partial charge < -0.3 is 11.1 Å². The molecule has 0 unspecified atom stereocenters. The number of carbonyl (C=O) groups is 2. The standard InChI is InChI=1S/C15H13N3O4/c1-9-5-6-10(14(16)19)8-13(9)17-15(20)11-3-2-4-12(7-11)18(21)22/h2-8H,1H3,(H2,16,19)(H,17,20). The summed E-state index contributed by atoms with van der Waals surface area (Å²) in [6.07, 6.45) is 0. The summed E-state index contributed by atoms with van der Waals surface area (Å²) < 4.78 is 0. The number of primary amides is 1. The molecule has 0 spiro atoms. The number of carbonyl (C=O) groups excluding carboxylic acids is 2. The maximum Gasteiger partial charge on any atom is 0.270 e. The van der Waals surface area contributed by atoms with Crippen LogP contribution in [0.2, 0.25) is 0 Å². The van der Waals surface area contributed by atoms with Crippen molar-refractivity contribution in [1.29, 1.82) is 0 Å². The minimum atomic E-state index is -0.606. The molecule has 112 valence electrons. The highest BCUT2D eigenvalue weighted by Crippen LogP contribution is 2.19. The maximum atomic E-state index is 12.2. The lowest BCUT2D eigenvalue weighted by Gasteiger charge is -2.09. The number of aryl methyl sites for hydroxylation is 1. The van der Waals surface area contributed by atoms with Crippen LogP contribution in [0.1, 0.15) is 26.3 Å². The molecule has 2 aromatic carbocycles. The molecular formula is C15H13N3O4. The summed E-state index contributed by atoms with van der Waals surface area (Å²) in [6, 6.07) is 10.1. The molecular weight excluding hydrogens is 286 g/mol. The van der Waals surface area contributed by atoms with E-state index in [1.54, 1.807) is 19.1 Å². The SMILES string of the molecule is Cc1ccc(C(N)=O)cc1NC(=O)c1cccc([N+](=O)[O-])c1. The van der Waals surface area contributed by atoms with Crippen LogP contribution in [0.15, 0.2) is 42.5 Å². The molecule has 7 heteroatoms. The summed E-state index contributed by atoms with van der Waals surface area (Å²) in [7, 11) is 0. The number of amides is 2. The quantitative estimate of drug-likeness (QED) is 0.665. The number of hydrogen-bond acceptors (Lipinski definition) is 4. The van der Waals surface area contributed by atoms with Gasteiger partial charge >= 0.3 is 0 Å². The lowest BCUT2D eigenvalue weighted by molar-refractivity contribution is -0.384. The van der Waals surface area contributed by atoms with Crippen LogP contribution in [0.3, 0.4) is 0 Å². The first kappa shape index (κ1) is 15.2. The van der Waals surface area contributed by atoms with Crippen molar-refractivity contribution in [2.24, 2.45) is 5.73 Å². The molecule has 2 aromatic rings. The fourth-order valence-corrected chi connectivity index (χ4v) is 1.87. The van der Waals surface area contributed by atoms with Gasteiger partial charge in [-0.1, -0.05) is 12.1 Å². The van der Waals surface area contributed by atoms with E-state index in [-0.39, 0.29) is 16.8 Å². The summed E-state index contributed by atoms with van der Waals surface area (Å²) in [5.74, 6) is -1.11. The number of non-ortho nitro benzene ring substituents is 1. The van der Waals surface area contributed by atoms with Crippen molar-refractivity contribution in [3.05, 3.63) is 69.3 Å². The van der Waals surface area contributed by atoms with Gasteiger partial charge in [-0.15, -0.1) is 0 Å². The summed E-state index contributed by atoms with van der Waals surface area (Å²) in [6.45, 7) is 1.76. The minimum Gasteiger partial charge on any atom is -0.366 e. The number of hydrogen-bond donors (Lipinski definition) is 2. The summed E-state index contributed by atoms with van der Waals surface area (Å²) >= 11 is 0. The Hall–Kier alpha value is -3.22. The normalized spacial score (nSPS) is 10.0. The molecule has 7 nitrogen and oxygen atoms in total. The number of nitrogens with one attached hydrogen (secondary N) is 1. The topological polar surface area (TPSA) is 115 Å². The molecule has 0 aliphatic heterocycles. The molecule has 2 rings (SSSR count). The van der Waals surface area contributed by atoms with Crippen LogP contribution >= 0.6 is 0 Å². The van der Waals surface area contributed by atoms with E-state index in [1.165, 1.54) is 30.3 Å². The number of nitrogens with zero attached hydrogens (tertiary/aromatic N) is 1. The number of rotatable bonds is 4. The monoisotopic (exact) mass is 299 g/mol. The number of nitrogens with two attached hydrogens (primary N) is 1. The van der Waals surface area contributed by atoms with E-state index in [4.69, 9.17) is 5.73 Å². The highest BCUT2D eigenvalue weighted by atomic mass is 16.6. The molecule has 0 aromatic heterocycles. The predicted molar refractivity (Wildman–Crippen MR) is 80.7 cm³/mol. The number of anilines is 1. The highest BCUT2D eigenvalue weighted by Gasteiger charge is 2.13. The van der Waals surface area contributed by atoms with Crippen LogP contribution in [0.4, 0.5) is 11.4 Å². The van der Waals surface area contributed by atoms with Crippen LogP contribution < -0.4 is 11.1 Å². The second-order valence-electron chi connectivity index (χ2n) is 4.66. The van der Waals surface area contributed by atoms with E-state index in [0.29, 0.717) is 5.69 Å². The Bertz CT molecular complexity index is 771. The second-order valence-corrected chi connectivity index (χ2v) is 4.66. The largest absolute Gasteiger partial charge is 0.366 e. The third-order valence-electron chi connectivity index (χ3n) is 3.09. The van der Waals surface area contributed by atoms with Gasteiger partial charge in [0.2, 0.25) is 5.91 Å². The lowest BCUT2D eigenvalue weighted by atomic mass is 10.1. The Kier molecular flexibility index (Phi) is 4.17. The van der Waals surface area contributed by atoms with Gasteiger partial charge in [-0.3, -0.25) is 19.7 Å². The summed E-state index contributed by atoms with van der Waals surface area (Å²) in [5, 5.41) is 13.3. The number of nitro benzene ring substituents is 1. The maximum absolute atomic E-state index is 12.2. The van der Waals surface area contributed by atoms with Gasteiger partial charge in [0.15, 0.2) is 0 Å². The first-order valence-electron chi connectivity index (χ1n) is 6.35. The molecule has 0 radical (unpaired) electrons. The van der Waals surface area contributed by atoms with Crippen molar-refractivity contribution in [2.45, 2.75) is 6.92 Å². The van der Waals surface area contributed by atoms with Crippen molar-refractivity contribution in [1.82, 2.24) is 0 Å². The van der Waals surface area contributed by atoms with Crippen LogP contribution in [0.25, 0.3) is 0 Å². The molecule has 0 fully saturated rings. The predicted octanol–water partition coefficient (Wildman–Crippen LogP) is 2.25. The molecule has 3 N–H and O–H groups in total. The zero-order chi connectivity index (χ0) is 16.3.